The van der Waals surface area contributed by atoms with Crippen molar-refractivity contribution in [2.75, 3.05) is 0 Å². The highest BCUT2D eigenvalue weighted by Gasteiger charge is 2.11. The molecule has 1 rings (SSSR count). The molecule has 0 atom stereocenters. The van der Waals surface area contributed by atoms with Crippen LogP contribution in [0, 0.1) is 5.82 Å². The zero-order valence-electron chi connectivity index (χ0n) is 7.57. The zero-order chi connectivity index (χ0) is 10.0. The molecule has 3 heteroatoms. The number of halogens is 3. The Morgan fingerprint density at radius 2 is 2.08 bits per heavy atom. The van der Waals surface area contributed by atoms with Crippen molar-refractivity contribution in [1.29, 1.82) is 0 Å². The van der Waals surface area contributed by atoms with E-state index in [0.29, 0.717) is 11.4 Å². The Hall–Kier alpha value is -0.0800. The van der Waals surface area contributed by atoms with Crippen LogP contribution in [-0.4, -0.2) is 0 Å². The Labute approximate surface area is 91.2 Å². The van der Waals surface area contributed by atoms with E-state index < -0.39 is 0 Å². The maximum absolute atomic E-state index is 13.5. The summed E-state index contributed by atoms with van der Waals surface area (Å²) in [6.45, 7) is 3.92. The predicted molar refractivity (Wildman–Crippen MR) is 57.7 cm³/mol. The van der Waals surface area contributed by atoms with E-state index in [9.17, 15) is 4.39 Å². The van der Waals surface area contributed by atoms with E-state index in [0.717, 1.165) is 10.0 Å². The molecule has 0 aliphatic rings. The lowest BCUT2D eigenvalue weighted by atomic mass is 10.0. The first-order valence-electron chi connectivity index (χ1n) is 4.10. The summed E-state index contributed by atoms with van der Waals surface area (Å²) in [4.78, 5) is 0. The van der Waals surface area contributed by atoms with Gasteiger partial charge in [-0.1, -0.05) is 29.8 Å². The average Bonchev–Trinajstić information content (AvgIpc) is 2.02. The Bertz CT molecular complexity index is 287. The zero-order valence-corrected chi connectivity index (χ0v) is 9.91. The second-order valence-electron chi connectivity index (χ2n) is 3.26. The van der Waals surface area contributed by atoms with Gasteiger partial charge in [0.25, 0.3) is 0 Å². The van der Waals surface area contributed by atoms with Crippen LogP contribution in [0.25, 0.3) is 0 Å². The first-order chi connectivity index (χ1) is 6.06. The van der Waals surface area contributed by atoms with E-state index in [2.05, 4.69) is 15.9 Å². The monoisotopic (exact) mass is 264 g/mol. The molecule has 0 radical (unpaired) electrons. The summed E-state index contributed by atoms with van der Waals surface area (Å²) in [7, 11) is 0. The molecule has 0 aliphatic carbocycles. The molecular weight excluding hydrogens is 254 g/mol. The minimum Gasteiger partial charge on any atom is -0.207 e. The number of benzene rings is 1. The Morgan fingerprint density at radius 3 is 2.46 bits per heavy atom. The lowest BCUT2D eigenvalue weighted by Gasteiger charge is -2.10. The molecule has 0 heterocycles. The molecule has 1 aromatic rings. The average molecular weight is 266 g/mol. The molecule has 0 saturated heterocycles. The summed E-state index contributed by atoms with van der Waals surface area (Å²) in [6.07, 6.45) is 0. The standard InChI is InChI=1S/C10H11BrClF/c1-6(2)10-8(11)3-7(5-12)4-9(10)13/h3-4,6H,5H2,1-2H3. The SMILES string of the molecule is CC(C)c1c(F)cc(CCl)cc1Br. The van der Waals surface area contributed by atoms with Crippen LogP contribution in [0.3, 0.4) is 0 Å². The summed E-state index contributed by atoms with van der Waals surface area (Å²) >= 11 is 8.96. The third kappa shape index (κ3) is 2.44. The van der Waals surface area contributed by atoms with Crippen molar-refractivity contribution in [2.45, 2.75) is 25.6 Å². The summed E-state index contributed by atoms with van der Waals surface area (Å²) in [5.41, 5.74) is 1.52. The van der Waals surface area contributed by atoms with E-state index >= 15 is 0 Å². The first-order valence-corrected chi connectivity index (χ1v) is 5.42. The van der Waals surface area contributed by atoms with Crippen molar-refractivity contribution < 1.29 is 4.39 Å². The molecule has 0 fully saturated rings. The van der Waals surface area contributed by atoms with Crippen molar-refractivity contribution in [3.63, 3.8) is 0 Å². The molecule has 0 spiro atoms. The smallest absolute Gasteiger partial charge is 0.128 e. The van der Waals surface area contributed by atoms with Gasteiger partial charge in [-0.3, -0.25) is 0 Å². The predicted octanol–water partition coefficient (Wildman–Crippen LogP) is 4.45. The fourth-order valence-electron chi connectivity index (χ4n) is 1.27. The summed E-state index contributed by atoms with van der Waals surface area (Å²) in [5, 5.41) is 0. The van der Waals surface area contributed by atoms with Crippen LogP contribution in [0.5, 0.6) is 0 Å². The lowest BCUT2D eigenvalue weighted by Crippen LogP contribution is -1.96. The lowest BCUT2D eigenvalue weighted by molar-refractivity contribution is 0.595. The first kappa shape index (κ1) is 11.0. The molecule has 0 saturated carbocycles. The van der Waals surface area contributed by atoms with Gasteiger partial charge in [0.1, 0.15) is 5.82 Å². The number of rotatable bonds is 2. The van der Waals surface area contributed by atoms with Crippen molar-refractivity contribution in [3.05, 3.63) is 33.5 Å². The Morgan fingerprint density at radius 1 is 1.46 bits per heavy atom. The highest BCUT2D eigenvalue weighted by molar-refractivity contribution is 9.10. The quantitative estimate of drug-likeness (QED) is 0.693. The molecule has 0 aromatic heterocycles. The normalized spacial score (nSPS) is 10.9. The van der Waals surface area contributed by atoms with Crippen LogP contribution in [-0.2, 0) is 5.88 Å². The van der Waals surface area contributed by atoms with Gasteiger partial charge >= 0.3 is 0 Å². The second-order valence-corrected chi connectivity index (χ2v) is 4.38. The van der Waals surface area contributed by atoms with Gasteiger partial charge in [0.15, 0.2) is 0 Å². The van der Waals surface area contributed by atoms with Crippen molar-refractivity contribution in [1.82, 2.24) is 0 Å². The van der Waals surface area contributed by atoms with Crippen LogP contribution in [0.2, 0.25) is 0 Å². The van der Waals surface area contributed by atoms with Crippen molar-refractivity contribution >= 4 is 27.5 Å². The van der Waals surface area contributed by atoms with Crippen molar-refractivity contribution in [2.24, 2.45) is 0 Å². The van der Waals surface area contributed by atoms with E-state index in [4.69, 9.17) is 11.6 Å². The molecule has 0 N–H and O–H groups in total. The maximum atomic E-state index is 13.5. The third-order valence-corrected chi connectivity index (χ3v) is 2.84. The molecule has 0 nitrogen and oxygen atoms in total. The van der Waals surface area contributed by atoms with Gasteiger partial charge in [0, 0.05) is 15.9 Å². The summed E-state index contributed by atoms with van der Waals surface area (Å²) < 4.78 is 14.3. The Kier molecular flexibility index (Phi) is 3.74. The molecule has 1 aromatic carbocycles. The van der Waals surface area contributed by atoms with E-state index in [1.54, 1.807) is 0 Å². The number of alkyl halides is 1. The minimum absolute atomic E-state index is 0.179. The highest BCUT2D eigenvalue weighted by atomic mass is 79.9. The van der Waals surface area contributed by atoms with Gasteiger partial charge in [0.2, 0.25) is 0 Å². The topological polar surface area (TPSA) is 0 Å². The van der Waals surface area contributed by atoms with Crippen LogP contribution in [0.4, 0.5) is 4.39 Å². The largest absolute Gasteiger partial charge is 0.207 e. The van der Waals surface area contributed by atoms with Crippen LogP contribution >= 0.6 is 27.5 Å². The number of hydrogen-bond acceptors (Lipinski definition) is 0. The Balaban J connectivity index is 3.23. The van der Waals surface area contributed by atoms with Gasteiger partial charge in [-0.05, 0) is 23.6 Å². The van der Waals surface area contributed by atoms with Crippen molar-refractivity contribution in [3.8, 4) is 0 Å². The van der Waals surface area contributed by atoms with Crippen LogP contribution < -0.4 is 0 Å². The van der Waals surface area contributed by atoms with Crippen LogP contribution in [0.1, 0.15) is 30.9 Å². The molecule has 0 aliphatic heterocycles. The maximum Gasteiger partial charge on any atom is 0.128 e. The van der Waals surface area contributed by atoms with Crippen LogP contribution in [0.15, 0.2) is 16.6 Å². The molecule has 0 unspecified atom stereocenters. The van der Waals surface area contributed by atoms with E-state index in [1.165, 1.54) is 6.07 Å². The number of hydrogen-bond donors (Lipinski definition) is 0. The third-order valence-electron chi connectivity index (χ3n) is 1.87. The second kappa shape index (κ2) is 4.43. The molecular formula is C10H11BrClF. The van der Waals surface area contributed by atoms with Gasteiger partial charge in [-0.2, -0.15) is 0 Å². The minimum atomic E-state index is -0.181. The molecule has 0 amide bonds. The van der Waals surface area contributed by atoms with E-state index in [-0.39, 0.29) is 11.7 Å². The summed E-state index contributed by atoms with van der Waals surface area (Å²) in [5.74, 6) is 0.340. The van der Waals surface area contributed by atoms with Gasteiger partial charge in [0.05, 0.1) is 0 Å². The van der Waals surface area contributed by atoms with Gasteiger partial charge in [-0.15, -0.1) is 11.6 Å². The molecule has 13 heavy (non-hydrogen) atoms. The van der Waals surface area contributed by atoms with Gasteiger partial charge < -0.3 is 0 Å². The fourth-order valence-corrected chi connectivity index (χ4v) is 2.36. The summed E-state index contributed by atoms with van der Waals surface area (Å²) in [6, 6.07) is 3.36. The fraction of sp³-hybridized carbons (Fsp3) is 0.400. The highest BCUT2D eigenvalue weighted by Crippen LogP contribution is 2.29. The van der Waals surface area contributed by atoms with E-state index in [1.807, 2.05) is 19.9 Å². The molecule has 72 valence electrons. The molecule has 0 bridgehead atoms. The van der Waals surface area contributed by atoms with Gasteiger partial charge in [-0.25, -0.2) is 4.39 Å².